The van der Waals surface area contributed by atoms with Gasteiger partial charge in [0, 0.05) is 13.1 Å². The first kappa shape index (κ1) is 10.4. The molecule has 1 saturated carbocycles. The summed E-state index contributed by atoms with van der Waals surface area (Å²) in [6.07, 6.45) is 4.14. The molecule has 0 aromatic heterocycles. The normalized spacial score (nSPS) is 42.9. The second kappa shape index (κ2) is 3.82. The van der Waals surface area contributed by atoms with Gasteiger partial charge in [0.05, 0.1) is 11.7 Å². The lowest BCUT2D eigenvalue weighted by atomic mass is 9.65. The second-order valence-corrected chi connectivity index (χ2v) is 5.37. The first-order valence-corrected chi connectivity index (χ1v) is 6.04. The van der Waals surface area contributed by atoms with Gasteiger partial charge in [-0.3, -0.25) is 0 Å². The summed E-state index contributed by atoms with van der Waals surface area (Å²) in [6.45, 7) is 8.98. The molecule has 1 aliphatic heterocycles. The predicted octanol–water partition coefficient (Wildman–Crippen LogP) is 2.19. The lowest BCUT2D eigenvalue weighted by Crippen LogP contribution is -2.60. The Labute approximate surface area is 87.4 Å². The van der Waals surface area contributed by atoms with Crippen LogP contribution in [0.4, 0.5) is 0 Å². The van der Waals surface area contributed by atoms with Crippen molar-refractivity contribution in [2.24, 2.45) is 11.8 Å². The molecule has 0 aromatic rings. The molecule has 2 rings (SSSR count). The monoisotopic (exact) mass is 197 g/mol. The van der Waals surface area contributed by atoms with Crippen LogP contribution < -0.4 is 5.32 Å². The van der Waals surface area contributed by atoms with Gasteiger partial charge in [-0.1, -0.05) is 20.8 Å². The van der Waals surface area contributed by atoms with E-state index in [9.17, 15) is 0 Å². The van der Waals surface area contributed by atoms with Gasteiger partial charge in [0.15, 0.2) is 0 Å². The summed E-state index contributed by atoms with van der Waals surface area (Å²) in [4.78, 5) is 0. The van der Waals surface area contributed by atoms with Crippen LogP contribution in [0.3, 0.4) is 0 Å². The highest BCUT2D eigenvalue weighted by Gasteiger charge is 2.48. The molecule has 0 aromatic carbocycles. The summed E-state index contributed by atoms with van der Waals surface area (Å²) in [7, 11) is 0. The lowest BCUT2D eigenvalue weighted by Gasteiger charge is -2.53. The average molecular weight is 197 g/mol. The standard InChI is InChI=1S/C12H23NO/c1-4-11-7-13-8-12(14-11)5-10(6-12)9(2)3/h9-11,13H,4-8H2,1-3H3. The number of hydrogen-bond acceptors (Lipinski definition) is 2. The maximum Gasteiger partial charge on any atom is 0.0816 e. The van der Waals surface area contributed by atoms with Crippen molar-refractivity contribution in [1.29, 1.82) is 0 Å². The number of ether oxygens (including phenoxy) is 1. The quantitative estimate of drug-likeness (QED) is 0.732. The second-order valence-electron chi connectivity index (χ2n) is 5.37. The van der Waals surface area contributed by atoms with E-state index in [1.807, 2.05) is 0 Å². The molecule has 0 amide bonds. The molecule has 82 valence electrons. The van der Waals surface area contributed by atoms with Crippen molar-refractivity contribution in [2.45, 2.75) is 51.7 Å². The Balaban J connectivity index is 1.87. The Hall–Kier alpha value is -0.0800. The van der Waals surface area contributed by atoms with Gasteiger partial charge in [0.1, 0.15) is 0 Å². The number of morpholine rings is 1. The Kier molecular flexibility index (Phi) is 2.85. The van der Waals surface area contributed by atoms with Crippen LogP contribution in [0.5, 0.6) is 0 Å². The van der Waals surface area contributed by atoms with Gasteiger partial charge >= 0.3 is 0 Å². The van der Waals surface area contributed by atoms with Crippen LogP contribution in [0.2, 0.25) is 0 Å². The maximum absolute atomic E-state index is 6.18. The molecule has 14 heavy (non-hydrogen) atoms. The van der Waals surface area contributed by atoms with Crippen molar-refractivity contribution in [3.05, 3.63) is 0 Å². The van der Waals surface area contributed by atoms with Gasteiger partial charge in [-0.25, -0.2) is 0 Å². The molecule has 0 bridgehead atoms. The third kappa shape index (κ3) is 1.82. The molecule has 2 nitrogen and oxygen atoms in total. The molecule has 1 unspecified atom stereocenters. The van der Waals surface area contributed by atoms with Crippen molar-refractivity contribution in [2.75, 3.05) is 13.1 Å². The lowest BCUT2D eigenvalue weighted by molar-refractivity contribution is -0.185. The summed E-state index contributed by atoms with van der Waals surface area (Å²) >= 11 is 0. The van der Waals surface area contributed by atoms with Crippen LogP contribution in [-0.4, -0.2) is 24.8 Å². The number of hydrogen-bond donors (Lipinski definition) is 1. The number of rotatable bonds is 2. The first-order chi connectivity index (χ1) is 6.65. The molecule has 1 atom stereocenters. The number of nitrogens with one attached hydrogen (secondary N) is 1. The van der Waals surface area contributed by atoms with Gasteiger partial charge in [0.2, 0.25) is 0 Å². The SMILES string of the molecule is CCC1CNCC2(CC(C(C)C)C2)O1. The molecule has 0 radical (unpaired) electrons. The summed E-state index contributed by atoms with van der Waals surface area (Å²) in [5.41, 5.74) is 0.216. The third-order valence-corrected chi connectivity index (χ3v) is 3.90. The van der Waals surface area contributed by atoms with Crippen LogP contribution in [0.1, 0.15) is 40.0 Å². The highest BCUT2D eigenvalue weighted by molar-refractivity contribution is 5.01. The van der Waals surface area contributed by atoms with E-state index in [1.54, 1.807) is 0 Å². The van der Waals surface area contributed by atoms with Gasteiger partial charge in [-0.15, -0.1) is 0 Å². The summed E-state index contributed by atoms with van der Waals surface area (Å²) in [6, 6.07) is 0. The van der Waals surface area contributed by atoms with E-state index < -0.39 is 0 Å². The van der Waals surface area contributed by atoms with Crippen LogP contribution in [0.15, 0.2) is 0 Å². The zero-order valence-electron chi connectivity index (χ0n) is 9.68. The van der Waals surface area contributed by atoms with Crippen LogP contribution >= 0.6 is 0 Å². The van der Waals surface area contributed by atoms with Crippen LogP contribution in [0, 0.1) is 11.8 Å². The third-order valence-electron chi connectivity index (χ3n) is 3.90. The van der Waals surface area contributed by atoms with Crippen LogP contribution in [-0.2, 0) is 4.74 Å². The van der Waals surface area contributed by atoms with Crippen molar-refractivity contribution < 1.29 is 4.74 Å². The van der Waals surface area contributed by atoms with Gasteiger partial charge in [-0.05, 0) is 31.1 Å². The van der Waals surface area contributed by atoms with Gasteiger partial charge in [0.25, 0.3) is 0 Å². The Morgan fingerprint density at radius 1 is 1.43 bits per heavy atom. The van der Waals surface area contributed by atoms with E-state index in [4.69, 9.17) is 4.74 Å². The molecule has 1 spiro atoms. The maximum atomic E-state index is 6.18. The largest absolute Gasteiger partial charge is 0.369 e. The predicted molar refractivity (Wildman–Crippen MR) is 58.3 cm³/mol. The molecular formula is C12H23NO. The van der Waals surface area contributed by atoms with E-state index in [1.165, 1.54) is 12.8 Å². The van der Waals surface area contributed by atoms with Crippen molar-refractivity contribution in [3.63, 3.8) is 0 Å². The molecule has 1 N–H and O–H groups in total. The highest BCUT2D eigenvalue weighted by atomic mass is 16.5. The Morgan fingerprint density at radius 2 is 2.14 bits per heavy atom. The fourth-order valence-corrected chi connectivity index (χ4v) is 2.73. The zero-order chi connectivity index (χ0) is 10.2. The molecule has 1 heterocycles. The minimum absolute atomic E-state index is 0.216. The first-order valence-electron chi connectivity index (χ1n) is 6.04. The van der Waals surface area contributed by atoms with Crippen molar-refractivity contribution in [3.8, 4) is 0 Å². The molecule has 2 aliphatic rings. The Morgan fingerprint density at radius 3 is 2.71 bits per heavy atom. The summed E-state index contributed by atoms with van der Waals surface area (Å²) < 4.78 is 6.18. The fourth-order valence-electron chi connectivity index (χ4n) is 2.73. The zero-order valence-corrected chi connectivity index (χ0v) is 9.68. The smallest absolute Gasteiger partial charge is 0.0816 e. The summed E-state index contributed by atoms with van der Waals surface area (Å²) in [5.74, 6) is 1.72. The van der Waals surface area contributed by atoms with Gasteiger partial charge in [-0.2, -0.15) is 0 Å². The Bertz CT molecular complexity index is 196. The minimum atomic E-state index is 0.216. The van der Waals surface area contributed by atoms with Crippen molar-refractivity contribution in [1.82, 2.24) is 5.32 Å². The minimum Gasteiger partial charge on any atom is -0.369 e. The van der Waals surface area contributed by atoms with Crippen molar-refractivity contribution >= 4 is 0 Å². The molecule has 2 fully saturated rings. The average Bonchev–Trinajstić information content (AvgIpc) is 2.14. The topological polar surface area (TPSA) is 21.3 Å². The summed E-state index contributed by atoms with van der Waals surface area (Å²) in [5, 5.41) is 3.51. The van der Waals surface area contributed by atoms with E-state index in [-0.39, 0.29) is 5.60 Å². The molecule has 1 saturated heterocycles. The fraction of sp³-hybridized carbons (Fsp3) is 1.00. The van der Waals surface area contributed by atoms with E-state index >= 15 is 0 Å². The van der Waals surface area contributed by atoms with E-state index in [2.05, 4.69) is 26.1 Å². The van der Waals surface area contributed by atoms with E-state index in [0.29, 0.717) is 6.10 Å². The molecular weight excluding hydrogens is 174 g/mol. The highest BCUT2D eigenvalue weighted by Crippen LogP contribution is 2.46. The molecule has 2 heteroatoms. The van der Waals surface area contributed by atoms with Gasteiger partial charge < -0.3 is 10.1 Å². The van der Waals surface area contributed by atoms with Crippen LogP contribution in [0.25, 0.3) is 0 Å². The van der Waals surface area contributed by atoms with E-state index in [0.717, 1.165) is 31.3 Å². The molecule has 1 aliphatic carbocycles.